The third-order valence-corrected chi connectivity index (χ3v) is 11.5. The van der Waals surface area contributed by atoms with E-state index >= 15 is 0 Å². The van der Waals surface area contributed by atoms with Gasteiger partial charge >= 0.3 is 0 Å². The highest BCUT2D eigenvalue weighted by Crippen LogP contribution is 2.49. The summed E-state index contributed by atoms with van der Waals surface area (Å²) in [6, 6.07) is 73.7. The molecule has 8 aromatic carbocycles. The van der Waals surface area contributed by atoms with Crippen LogP contribution in [0.25, 0.3) is 89.5 Å². The van der Waals surface area contributed by atoms with Gasteiger partial charge in [0.05, 0.1) is 11.4 Å². The molecule has 0 amide bonds. The fraction of sp³-hybridized carbons (Fsp3) is 0.0545. The second kappa shape index (κ2) is 14.2. The average Bonchev–Trinajstić information content (AvgIpc) is 3.52. The summed E-state index contributed by atoms with van der Waals surface area (Å²) in [5.74, 6) is 0.697. The molecule has 0 spiro atoms. The van der Waals surface area contributed by atoms with Crippen molar-refractivity contribution in [3.05, 3.63) is 217 Å². The van der Waals surface area contributed by atoms with Gasteiger partial charge in [0.15, 0.2) is 5.82 Å². The molecule has 270 valence electrons. The second-order valence-electron chi connectivity index (χ2n) is 15.4. The minimum absolute atomic E-state index is 0.0284. The van der Waals surface area contributed by atoms with Crippen LogP contribution in [0.5, 0.6) is 0 Å². The van der Waals surface area contributed by atoms with Gasteiger partial charge in [0, 0.05) is 22.1 Å². The Morgan fingerprint density at radius 1 is 0.281 bits per heavy atom. The number of fused-ring (bicyclic) bond motifs is 3. The molecular weight excluding hydrogens is 689 g/mol. The molecule has 0 fully saturated rings. The van der Waals surface area contributed by atoms with E-state index in [0.717, 1.165) is 50.3 Å². The first-order chi connectivity index (χ1) is 28.0. The van der Waals surface area contributed by atoms with E-state index in [1.165, 1.54) is 44.5 Å². The number of nitrogens with zero attached hydrogens (tertiary/aromatic N) is 2. The second-order valence-corrected chi connectivity index (χ2v) is 15.4. The Morgan fingerprint density at radius 2 is 0.684 bits per heavy atom. The van der Waals surface area contributed by atoms with E-state index in [2.05, 4.69) is 208 Å². The average molecular weight is 729 g/mol. The van der Waals surface area contributed by atoms with E-state index in [-0.39, 0.29) is 5.41 Å². The van der Waals surface area contributed by atoms with Gasteiger partial charge in [0.2, 0.25) is 0 Å². The van der Waals surface area contributed by atoms with Crippen molar-refractivity contribution in [3.63, 3.8) is 0 Å². The molecule has 57 heavy (non-hydrogen) atoms. The number of rotatable bonds is 7. The molecule has 0 aliphatic heterocycles. The number of hydrogen-bond donors (Lipinski definition) is 0. The third kappa shape index (κ3) is 6.46. The van der Waals surface area contributed by atoms with Gasteiger partial charge in [-0.15, -0.1) is 0 Å². The SMILES string of the molecule is CC1(C)c2ccccc2-c2ccc(-c3ccc(-c4cccc(-c5cc(-c6ccc(-c7ccccc7)cc6)nc(-c6cccc(-c7ccccc7)c6)n5)c4)cc3)cc21. The Labute approximate surface area is 334 Å². The smallest absolute Gasteiger partial charge is 0.160 e. The number of aromatic nitrogens is 2. The van der Waals surface area contributed by atoms with E-state index in [4.69, 9.17) is 9.97 Å². The van der Waals surface area contributed by atoms with E-state index in [0.29, 0.717) is 5.82 Å². The monoisotopic (exact) mass is 728 g/mol. The Morgan fingerprint density at radius 3 is 1.33 bits per heavy atom. The van der Waals surface area contributed by atoms with Gasteiger partial charge in [-0.05, 0) is 91.0 Å². The Balaban J connectivity index is 1.00. The molecule has 0 bridgehead atoms. The van der Waals surface area contributed by atoms with Gasteiger partial charge in [0.1, 0.15) is 0 Å². The van der Waals surface area contributed by atoms with Gasteiger partial charge in [-0.25, -0.2) is 9.97 Å². The molecule has 1 aliphatic carbocycles. The zero-order valence-corrected chi connectivity index (χ0v) is 32.0. The van der Waals surface area contributed by atoms with E-state index in [9.17, 15) is 0 Å². The van der Waals surface area contributed by atoms with Crippen LogP contribution >= 0.6 is 0 Å². The van der Waals surface area contributed by atoms with Crippen LogP contribution in [0.4, 0.5) is 0 Å². The lowest BCUT2D eigenvalue weighted by Crippen LogP contribution is -2.14. The Hall–Kier alpha value is -7.16. The largest absolute Gasteiger partial charge is 0.228 e. The maximum absolute atomic E-state index is 5.23. The minimum Gasteiger partial charge on any atom is -0.228 e. The predicted octanol–water partition coefficient (Wildman–Crippen LogP) is 14.5. The molecule has 10 rings (SSSR count). The molecule has 1 aromatic heterocycles. The van der Waals surface area contributed by atoms with Crippen molar-refractivity contribution in [3.8, 4) is 89.5 Å². The molecule has 0 atom stereocenters. The van der Waals surface area contributed by atoms with Crippen molar-refractivity contribution in [2.24, 2.45) is 0 Å². The molecule has 2 nitrogen and oxygen atoms in total. The van der Waals surface area contributed by atoms with E-state index in [1.807, 2.05) is 12.1 Å². The Kier molecular flexibility index (Phi) is 8.53. The van der Waals surface area contributed by atoms with Crippen LogP contribution in [-0.4, -0.2) is 9.97 Å². The van der Waals surface area contributed by atoms with Crippen molar-refractivity contribution in [2.75, 3.05) is 0 Å². The van der Waals surface area contributed by atoms with Crippen LogP contribution < -0.4 is 0 Å². The van der Waals surface area contributed by atoms with Crippen LogP contribution in [0.1, 0.15) is 25.0 Å². The van der Waals surface area contributed by atoms with Crippen LogP contribution in [0.2, 0.25) is 0 Å². The molecule has 0 N–H and O–H groups in total. The van der Waals surface area contributed by atoms with Gasteiger partial charge in [-0.2, -0.15) is 0 Å². The maximum atomic E-state index is 5.23. The maximum Gasteiger partial charge on any atom is 0.160 e. The van der Waals surface area contributed by atoms with Crippen LogP contribution in [0, 0.1) is 0 Å². The summed E-state index contributed by atoms with van der Waals surface area (Å²) in [4.78, 5) is 10.4. The lowest BCUT2D eigenvalue weighted by Gasteiger charge is -2.22. The van der Waals surface area contributed by atoms with Crippen LogP contribution in [-0.2, 0) is 5.41 Å². The lowest BCUT2D eigenvalue weighted by molar-refractivity contribution is 0.660. The summed E-state index contributed by atoms with van der Waals surface area (Å²) in [7, 11) is 0. The highest BCUT2D eigenvalue weighted by atomic mass is 14.9. The summed E-state index contributed by atoms with van der Waals surface area (Å²) in [5.41, 5.74) is 19.7. The quantitative estimate of drug-likeness (QED) is 0.163. The molecule has 0 unspecified atom stereocenters. The summed E-state index contributed by atoms with van der Waals surface area (Å²) < 4.78 is 0. The van der Waals surface area contributed by atoms with Crippen molar-refractivity contribution in [1.82, 2.24) is 9.97 Å². The first kappa shape index (κ1) is 34.3. The van der Waals surface area contributed by atoms with Gasteiger partial charge in [0.25, 0.3) is 0 Å². The van der Waals surface area contributed by atoms with Crippen molar-refractivity contribution >= 4 is 0 Å². The summed E-state index contributed by atoms with van der Waals surface area (Å²) in [6.45, 7) is 4.68. The third-order valence-electron chi connectivity index (χ3n) is 11.5. The van der Waals surface area contributed by atoms with Crippen molar-refractivity contribution < 1.29 is 0 Å². The van der Waals surface area contributed by atoms with Crippen molar-refractivity contribution in [2.45, 2.75) is 19.3 Å². The molecule has 9 aromatic rings. The minimum atomic E-state index is -0.0284. The predicted molar refractivity (Wildman–Crippen MR) is 238 cm³/mol. The molecule has 0 saturated heterocycles. The molecule has 0 radical (unpaired) electrons. The normalized spacial score (nSPS) is 12.5. The standard InChI is InChI=1S/C55H40N2/c1-55(2)50-22-10-9-21-48(50)49-32-31-45(35-51(49)55)41-25-23-40(24-26-41)43-17-11-19-46(33-43)53-36-52(42-29-27-39(28-30-42)37-13-5-3-6-14-37)56-54(57-53)47-20-12-18-44(34-47)38-15-7-4-8-16-38/h3-36H,1-2H3. The van der Waals surface area contributed by atoms with Gasteiger partial charge in [-0.1, -0.05) is 196 Å². The highest BCUT2D eigenvalue weighted by Gasteiger charge is 2.35. The number of benzene rings is 8. The molecule has 0 saturated carbocycles. The summed E-state index contributed by atoms with van der Waals surface area (Å²) in [6.07, 6.45) is 0. The fourth-order valence-electron chi connectivity index (χ4n) is 8.40. The van der Waals surface area contributed by atoms with Crippen LogP contribution in [0.15, 0.2) is 206 Å². The van der Waals surface area contributed by atoms with E-state index < -0.39 is 0 Å². The zero-order chi connectivity index (χ0) is 38.3. The first-order valence-electron chi connectivity index (χ1n) is 19.6. The molecule has 1 aliphatic rings. The summed E-state index contributed by atoms with van der Waals surface area (Å²) >= 11 is 0. The Bertz CT molecular complexity index is 2890. The van der Waals surface area contributed by atoms with Gasteiger partial charge in [-0.3, -0.25) is 0 Å². The van der Waals surface area contributed by atoms with E-state index in [1.54, 1.807) is 0 Å². The number of hydrogen-bond acceptors (Lipinski definition) is 2. The first-order valence-corrected chi connectivity index (χ1v) is 19.6. The molecule has 1 heterocycles. The summed E-state index contributed by atoms with van der Waals surface area (Å²) in [5, 5.41) is 0. The van der Waals surface area contributed by atoms with Crippen molar-refractivity contribution in [1.29, 1.82) is 0 Å². The topological polar surface area (TPSA) is 25.8 Å². The zero-order valence-electron chi connectivity index (χ0n) is 32.0. The molecule has 2 heteroatoms. The lowest BCUT2D eigenvalue weighted by atomic mass is 9.81. The van der Waals surface area contributed by atoms with Gasteiger partial charge < -0.3 is 0 Å². The van der Waals surface area contributed by atoms with Crippen LogP contribution in [0.3, 0.4) is 0 Å². The fourth-order valence-corrected chi connectivity index (χ4v) is 8.40. The molecular formula is C55H40N2. The highest BCUT2D eigenvalue weighted by molar-refractivity contribution is 5.84.